The second kappa shape index (κ2) is 9.50. The third-order valence-corrected chi connectivity index (χ3v) is 3.86. The molecule has 1 N–H and O–H groups in total. The van der Waals surface area contributed by atoms with Crippen molar-refractivity contribution in [3.8, 4) is 5.75 Å². The third kappa shape index (κ3) is 6.25. The molecule has 0 fully saturated rings. The fourth-order valence-electron chi connectivity index (χ4n) is 1.84. The molecule has 0 aromatic heterocycles. The molecule has 0 aliphatic rings. The van der Waals surface area contributed by atoms with Crippen molar-refractivity contribution in [3.05, 3.63) is 28.3 Å². The Balaban J connectivity index is 2.72. The van der Waals surface area contributed by atoms with Gasteiger partial charge in [0.05, 0.1) is 11.5 Å². The molecule has 6 heteroatoms. The maximum atomic E-state index is 11.0. The van der Waals surface area contributed by atoms with E-state index in [1.807, 2.05) is 18.7 Å². The van der Waals surface area contributed by atoms with Crippen LogP contribution in [-0.4, -0.2) is 29.1 Å². The fraction of sp³-hybridized carbons (Fsp3) is 0.600. The molecule has 0 amide bonds. The van der Waals surface area contributed by atoms with Gasteiger partial charge in [-0.05, 0) is 37.3 Å². The standard InChI is InChI=1S/C15H24N2O3S/c1-4-9-20-15-11-13(6-7-14(15)17(18)19)16-12(3)8-10-21-5-2/h6-7,11-12,16H,4-5,8-10H2,1-3H3. The first-order valence-corrected chi connectivity index (χ1v) is 8.49. The van der Waals surface area contributed by atoms with E-state index in [1.165, 1.54) is 6.07 Å². The minimum atomic E-state index is -0.407. The summed E-state index contributed by atoms with van der Waals surface area (Å²) < 4.78 is 5.48. The van der Waals surface area contributed by atoms with Crippen LogP contribution in [0.1, 0.15) is 33.6 Å². The van der Waals surface area contributed by atoms with Gasteiger partial charge in [0.2, 0.25) is 0 Å². The zero-order valence-corrected chi connectivity index (χ0v) is 13.7. The van der Waals surface area contributed by atoms with Gasteiger partial charge in [-0.3, -0.25) is 10.1 Å². The van der Waals surface area contributed by atoms with Crippen LogP contribution in [0.2, 0.25) is 0 Å². The number of hydrogen-bond acceptors (Lipinski definition) is 5. The molecule has 21 heavy (non-hydrogen) atoms. The number of nitro groups is 1. The molecular weight excluding hydrogens is 288 g/mol. The minimum Gasteiger partial charge on any atom is -0.487 e. The lowest BCUT2D eigenvalue weighted by Crippen LogP contribution is -2.16. The van der Waals surface area contributed by atoms with Crippen LogP contribution in [0.3, 0.4) is 0 Å². The maximum absolute atomic E-state index is 11.0. The van der Waals surface area contributed by atoms with Crippen LogP contribution in [0.4, 0.5) is 11.4 Å². The van der Waals surface area contributed by atoms with Gasteiger partial charge in [0.15, 0.2) is 5.75 Å². The number of ether oxygens (including phenoxy) is 1. The van der Waals surface area contributed by atoms with Crippen LogP contribution in [-0.2, 0) is 0 Å². The van der Waals surface area contributed by atoms with E-state index in [2.05, 4.69) is 19.2 Å². The lowest BCUT2D eigenvalue weighted by atomic mass is 10.2. The Bertz CT molecular complexity index is 455. The Labute approximate surface area is 130 Å². The van der Waals surface area contributed by atoms with Crippen molar-refractivity contribution in [2.24, 2.45) is 0 Å². The van der Waals surface area contributed by atoms with Gasteiger partial charge in [-0.15, -0.1) is 0 Å². The summed E-state index contributed by atoms with van der Waals surface area (Å²) in [6.07, 6.45) is 1.88. The summed E-state index contributed by atoms with van der Waals surface area (Å²) in [5.41, 5.74) is 0.879. The molecule has 0 radical (unpaired) electrons. The minimum absolute atomic E-state index is 0.0168. The molecule has 1 aromatic rings. The van der Waals surface area contributed by atoms with Crippen molar-refractivity contribution < 1.29 is 9.66 Å². The van der Waals surface area contributed by atoms with E-state index in [0.29, 0.717) is 18.4 Å². The molecule has 0 aliphatic heterocycles. The zero-order valence-electron chi connectivity index (χ0n) is 12.9. The van der Waals surface area contributed by atoms with Gasteiger partial charge in [-0.1, -0.05) is 13.8 Å². The van der Waals surface area contributed by atoms with Crippen LogP contribution in [0.25, 0.3) is 0 Å². The Kier molecular flexibility index (Phi) is 7.97. The van der Waals surface area contributed by atoms with E-state index in [4.69, 9.17) is 4.74 Å². The van der Waals surface area contributed by atoms with Crippen LogP contribution in [0.5, 0.6) is 5.75 Å². The van der Waals surface area contributed by atoms with Crippen molar-refractivity contribution in [2.75, 3.05) is 23.4 Å². The van der Waals surface area contributed by atoms with Crippen LogP contribution in [0.15, 0.2) is 18.2 Å². The largest absolute Gasteiger partial charge is 0.487 e. The molecule has 0 spiro atoms. The summed E-state index contributed by atoms with van der Waals surface area (Å²) >= 11 is 1.91. The second-order valence-electron chi connectivity index (χ2n) is 4.82. The summed E-state index contributed by atoms with van der Waals surface area (Å²) in [5, 5.41) is 14.4. The lowest BCUT2D eigenvalue weighted by Gasteiger charge is -2.16. The predicted molar refractivity (Wildman–Crippen MR) is 89.6 cm³/mol. The Morgan fingerprint density at radius 1 is 1.43 bits per heavy atom. The molecule has 1 atom stereocenters. The first-order chi connectivity index (χ1) is 10.1. The van der Waals surface area contributed by atoms with Crippen molar-refractivity contribution >= 4 is 23.1 Å². The van der Waals surface area contributed by atoms with Gasteiger partial charge in [0.25, 0.3) is 0 Å². The van der Waals surface area contributed by atoms with E-state index < -0.39 is 4.92 Å². The van der Waals surface area contributed by atoms with Crippen molar-refractivity contribution in [2.45, 2.75) is 39.7 Å². The van der Waals surface area contributed by atoms with E-state index in [0.717, 1.165) is 30.0 Å². The highest BCUT2D eigenvalue weighted by Gasteiger charge is 2.16. The summed E-state index contributed by atoms with van der Waals surface area (Å²) in [4.78, 5) is 10.6. The summed E-state index contributed by atoms with van der Waals surface area (Å²) in [6, 6.07) is 5.28. The van der Waals surface area contributed by atoms with Crippen molar-refractivity contribution in [3.63, 3.8) is 0 Å². The first-order valence-electron chi connectivity index (χ1n) is 7.34. The number of thioether (sulfide) groups is 1. The van der Waals surface area contributed by atoms with Crippen molar-refractivity contribution in [1.29, 1.82) is 0 Å². The summed E-state index contributed by atoms with van der Waals surface area (Å²) in [5.74, 6) is 2.57. The molecule has 5 nitrogen and oxygen atoms in total. The molecule has 1 rings (SSSR count). The highest BCUT2D eigenvalue weighted by molar-refractivity contribution is 7.99. The Morgan fingerprint density at radius 2 is 2.19 bits per heavy atom. The number of hydrogen-bond donors (Lipinski definition) is 1. The van der Waals surface area contributed by atoms with Crippen LogP contribution >= 0.6 is 11.8 Å². The average molecular weight is 312 g/mol. The number of nitrogens with zero attached hydrogens (tertiary/aromatic N) is 1. The van der Waals surface area contributed by atoms with Gasteiger partial charge >= 0.3 is 5.69 Å². The fourth-order valence-corrected chi connectivity index (χ4v) is 2.65. The number of nitrogens with one attached hydrogen (secondary N) is 1. The summed E-state index contributed by atoms with van der Waals surface area (Å²) in [7, 11) is 0. The average Bonchev–Trinajstić information content (AvgIpc) is 2.45. The molecule has 0 heterocycles. The lowest BCUT2D eigenvalue weighted by molar-refractivity contribution is -0.385. The Morgan fingerprint density at radius 3 is 2.81 bits per heavy atom. The highest BCUT2D eigenvalue weighted by Crippen LogP contribution is 2.30. The molecule has 1 unspecified atom stereocenters. The highest BCUT2D eigenvalue weighted by atomic mass is 32.2. The number of rotatable bonds is 10. The number of benzene rings is 1. The van der Waals surface area contributed by atoms with E-state index >= 15 is 0 Å². The molecule has 1 aromatic carbocycles. The van der Waals surface area contributed by atoms with E-state index in [1.54, 1.807) is 12.1 Å². The van der Waals surface area contributed by atoms with Gasteiger partial charge < -0.3 is 10.1 Å². The predicted octanol–water partition coefficient (Wildman–Crippen LogP) is 4.33. The topological polar surface area (TPSA) is 64.4 Å². The molecule has 0 aliphatic carbocycles. The quantitative estimate of drug-likeness (QED) is 0.396. The molecular formula is C15H24N2O3S. The van der Waals surface area contributed by atoms with Gasteiger partial charge in [0.1, 0.15) is 0 Å². The molecule has 0 saturated carbocycles. The first kappa shape index (κ1) is 17.6. The SMILES string of the molecule is CCCOc1cc(NC(C)CCSCC)ccc1[N+](=O)[O-]. The smallest absolute Gasteiger partial charge is 0.311 e. The molecule has 0 saturated heterocycles. The Hall–Kier alpha value is -1.43. The maximum Gasteiger partial charge on any atom is 0.311 e. The van der Waals surface area contributed by atoms with Gasteiger partial charge in [-0.2, -0.15) is 11.8 Å². The van der Waals surface area contributed by atoms with Gasteiger partial charge in [-0.25, -0.2) is 0 Å². The van der Waals surface area contributed by atoms with Crippen LogP contribution < -0.4 is 10.1 Å². The van der Waals surface area contributed by atoms with Crippen LogP contribution in [0, 0.1) is 10.1 Å². The van der Waals surface area contributed by atoms with E-state index in [-0.39, 0.29) is 5.69 Å². The monoisotopic (exact) mass is 312 g/mol. The molecule has 118 valence electrons. The van der Waals surface area contributed by atoms with E-state index in [9.17, 15) is 10.1 Å². The normalized spacial score (nSPS) is 12.0. The van der Waals surface area contributed by atoms with Crippen molar-refractivity contribution in [1.82, 2.24) is 0 Å². The third-order valence-electron chi connectivity index (χ3n) is 2.93. The van der Waals surface area contributed by atoms with Gasteiger partial charge in [0, 0.05) is 23.9 Å². The summed E-state index contributed by atoms with van der Waals surface area (Å²) in [6.45, 7) is 6.72. The number of nitro benzene ring substituents is 1. The number of anilines is 1. The molecule has 0 bridgehead atoms. The second-order valence-corrected chi connectivity index (χ2v) is 6.21. The zero-order chi connectivity index (χ0) is 15.7.